The zero-order chi connectivity index (χ0) is 11.3. The fraction of sp³-hybridized carbons (Fsp3) is 0.923. The van der Waals surface area contributed by atoms with Crippen molar-refractivity contribution in [2.75, 3.05) is 0 Å². The van der Waals surface area contributed by atoms with Gasteiger partial charge in [0.2, 0.25) is 0 Å². The summed E-state index contributed by atoms with van der Waals surface area (Å²) in [5.74, 6) is 1.43. The second-order valence-electron chi connectivity index (χ2n) is 6.03. The van der Waals surface area contributed by atoms with Crippen LogP contribution in [-0.4, -0.2) is 16.5 Å². The van der Waals surface area contributed by atoms with Crippen molar-refractivity contribution in [1.82, 2.24) is 0 Å². The minimum Gasteiger partial charge on any atom is -0.369 e. The Hall–Kier alpha value is -0.370. The molecule has 0 radical (unpaired) electrons. The van der Waals surface area contributed by atoms with E-state index in [9.17, 15) is 5.11 Å². The molecule has 0 aromatic heterocycles. The number of hydrogen-bond acceptors (Lipinski definition) is 2. The van der Waals surface area contributed by atoms with Crippen molar-refractivity contribution in [3.63, 3.8) is 0 Å². The Kier molecular flexibility index (Phi) is 2.45. The predicted octanol–water partition coefficient (Wildman–Crippen LogP) is 3.00. The molecule has 86 valence electrons. The Morgan fingerprint density at radius 2 is 2.13 bits per heavy atom. The van der Waals surface area contributed by atoms with Crippen LogP contribution in [0, 0.1) is 17.3 Å². The maximum atomic E-state index is 9.99. The van der Waals surface area contributed by atoms with E-state index in [1.807, 2.05) is 13.8 Å². The van der Waals surface area contributed by atoms with Crippen LogP contribution in [0.3, 0.4) is 0 Å². The fourth-order valence-electron chi connectivity index (χ4n) is 3.26. The lowest BCUT2D eigenvalue weighted by molar-refractivity contribution is 0.0651. The van der Waals surface area contributed by atoms with Gasteiger partial charge in [0.05, 0.1) is 0 Å². The van der Waals surface area contributed by atoms with Crippen LogP contribution in [0.2, 0.25) is 0 Å². The highest BCUT2D eigenvalue weighted by Gasteiger charge is 2.51. The number of hydrogen-bond donors (Lipinski definition) is 1. The molecule has 3 atom stereocenters. The molecule has 2 aliphatic rings. The van der Waals surface area contributed by atoms with Crippen LogP contribution in [0.15, 0.2) is 4.99 Å². The summed E-state index contributed by atoms with van der Waals surface area (Å²) in [5, 5.41) is 9.99. The van der Waals surface area contributed by atoms with Gasteiger partial charge in [-0.3, -0.25) is 4.99 Å². The molecular weight excluding hydrogens is 186 g/mol. The molecule has 2 fully saturated rings. The third-order valence-electron chi connectivity index (χ3n) is 4.67. The van der Waals surface area contributed by atoms with Gasteiger partial charge in [-0.15, -0.1) is 0 Å². The standard InChI is InChI=1S/C13H23NO/c1-5-13(4,15)14-11-8-9-6-7-10(11)12(9,2)3/h9-10,15H,5-8H2,1-4H3. The predicted molar refractivity (Wildman–Crippen MR) is 63.0 cm³/mol. The highest BCUT2D eigenvalue weighted by Crippen LogP contribution is 2.56. The van der Waals surface area contributed by atoms with Crippen LogP contribution in [0.25, 0.3) is 0 Å². The SMILES string of the molecule is CCC(C)(O)N=C1CC2CCC1C2(C)C. The molecule has 0 aromatic carbocycles. The van der Waals surface area contributed by atoms with Gasteiger partial charge in [-0.1, -0.05) is 20.8 Å². The first-order chi connectivity index (χ1) is 6.87. The summed E-state index contributed by atoms with van der Waals surface area (Å²) in [6.07, 6.45) is 4.45. The number of aliphatic imine (C=N–C) groups is 1. The van der Waals surface area contributed by atoms with E-state index in [0.29, 0.717) is 17.8 Å². The van der Waals surface area contributed by atoms with Gasteiger partial charge in [0, 0.05) is 11.6 Å². The molecular formula is C13H23NO. The van der Waals surface area contributed by atoms with Crippen LogP contribution in [0.5, 0.6) is 0 Å². The average molecular weight is 209 g/mol. The van der Waals surface area contributed by atoms with E-state index < -0.39 is 5.72 Å². The third kappa shape index (κ3) is 1.73. The zero-order valence-corrected chi connectivity index (χ0v) is 10.4. The van der Waals surface area contributed by atoms with E-state index in [-0.39, 0.29) is 0 Å². The van der Waals surface area contributed by atoms with E-state index in [0.717, 1.165) is 12.3 Å². The number of rotatable bonds is 2. The topological polar surface area (TPSA) is 32.6 Å². The quantitative estimate of drug-likeness (QED) is 0.745. The van der Waals surface area contributed by atoms with Gasteiger partial charge in [-0.2, -0.15) is 0 Å². The molecule has 0 aromatic rings. The van der Waals surface area contributed by atoms with Gasteiger partial charge in [0.25, 0.3) is 0 Å². The number of fused-ring (bicyclic) bond motifs is 2. The maximum Gasteiger partial charge on any atom is 0.152 e. The summed E-state index contributed by atoms with van der Waals surface area (Å²) in [7, 11) is 0. The summed E-state index contributed by atoms with van der Waals surface area (Å²) < 4.78 is 0. The molecule has 2 nitrogen and oxygen atoms in total. The van der Waals surface area contributed by atoms with E-state index in [1.165, 1.54) is 18.6 Å². The van der Waals surface area contributed by atoms with Crippen LogP contribution in [-0.2, 0) is 0 Å². The summed E-state index contributed by atoms with van der Waals surface area (Å²) in [4.78, 5) is 4.58. The molecule has 2 rings (SSSR count). The molecule has 0 saturated heterocycles. The van der Waals surface area contributed by atoms with Gasteiger partial charge >= 0.3 is 0 Å². The number of nitrogens with zero attached hydrogens (tertiary/aromatic N) is 1. The lowest BCUT2D eigenvalue weighted by atomic mass is 9.82. The minimum absolute atomic E-state index is 0.419. The monoisotopic (exact) mass is 209 g/mol. The van der Waals surface area contributed by atoms with Crippen LogP contribution in [0.4, 0.5) is 0 Å². The lowest BCUT2D eigenvalue weighted by Gasteiger charge is -2.24. The Bertz CT molecular complexity index is 291. The second-order valence-corrected chi connectivity index (χ2v) is 6.03. The van der Waals surface area contributed by atoms with Crippen molar-refractivity contribution in [3.05, 3.63) is 0 Å². The number of aliphatic hydroxyl groups is 1. The van der Waals surface area contributed by atoms with Crippen molar-refractivity contribution in [2.45, 2.75) is 59.1 Å². The van der Waals surface area contributed by atoms with Crippen LogP contribution < -0.4 is 0 Å². The van der Waals surface area contributed by atoms with Crippen LogP contribution in [0.1, 0.15) is 53.4 Å². The highest BCUT2D eigenvalue weighted by molar-refractivity contribution is 5.91. The highest BCUT2D eigenvalue weighted by atomic mass is 16.3. The molecule has 2 saturated carbocycles. The van der Waals surface area contributed by atoms with Crippen molar-refractivity contribution in [1.29, 1.82) is 0 Å². The Morgan fingerprint density at radius 1 is 1.47 bits per heavy atom. The van der Waals surface area contributed by atoms with Crippen molar-refractivity contribution < 1.29 is 5.11 Å². The lowest BCUT2D eigenvalue weighted by Crippen LogP contribution is -2.25. The Labute approximate surface area is 92.8 Å². The molecule has 1 N–H and O–H groups in total. The molecule has 3 unspecified atom stereocenters. The smallest absolute Gasteiger partial charge is 0.152 e. The normalized spacial score (nSPS) is 39.7. The molecule has 2 aliphatic carbocycles. The molecule has 0 amide bonds. The molecule has 2 heteroatoms. The molecule has 15 heavy (non-hydrogen) atoms. The van der Waals surface area contributed by atoms with Gasteiger partial charge in [0.1, 0.15) is 0 Å². The summed E-state index contributed by atoms with van der Waals surface area (Å²) in [6.45, 7) is 8.53. The molecule has 0 heterocycles. The molecule has 0 spiro atoms. The minimum atomic E-state index is -0.837. The zero-order valence-electron chi connectivity index (χ0n) is 10.4. The van der Waals surface area contributed by atoms with E-state index in [2.05, 4.69) is 18.8 Å². The Morgan fingerprint density at radius 3 is 2.53 bits per heavy atom. The second kappa shape index (κ2) is 3.31. The summed E-state index contributed by atoms with van der Waals surface area (Å²) in [6, 6.07) is 0. The molecule has 2 bridgehead atoms. The maximum absolute atomic E-state index is 9.99. The van der Waals surface area contributed by atoms with Gasteiger partial charge in [-0.25, -0.2) is 0 Å². The summed E-state index contributed by atoms with van der Waals surface area (Å²) in [5.41, 5.74) is 0.863. The van der Waals surface area contributed by atoms with Crippen molar-refractivity contribution in [3.8, 4) is 0 Å². The van der Waals surface area contributed by atoms with Crippen molar-refractivity contribution in [2.24, 2.45) is 22.2 Å². The van der Waals surface area contributed by atoms with E-state index in [4.69, 9.17) is 0 Å². The van der Waals surface area contributed by atoms with E-state index >= 15 is 0 Å². The fourth-order valence-corrected chi connectivity index (χ4v) is 3.26. The van der Waals surface area contributed by atoms with Crippen molar-refractivity contribution >= 4 is 5.71 Å². The molecule has 0 aliphatic heterocycles. The van der Waals surface area contributed by atoms with Gasteiger partial charge in [-0.05, 0) is 43.9 Å². The Balaban J connectivity index is 2.22. The van der Waals surface area contributed by atoms with Gasteiger partial charge < -0.3 is 5.11 Å². The van der Waals surface area contributed by atoms with E-state index in [1.54, 1.807) is 0 Å². The van der Waals surface area contributed by atoms with Gasteiger partial charge in [0.15, 0.2) is 5.72 Å². The first kappa shape index (κ1) is 11.1. The third-order valence-corrected chi connectivity index (χ3v) is 4.67. The first-order valence-electron chi connectivity index (χ1n) is 6.18. The first-order valence-corrected chi connectivity index (χ1v) is 6.18. The average Bonchev–Trinajstić information content (AvgIpc) is 2.54. The summed E-state index contributed by atoms with van der Waals surface area (Å²) >= 11 is 0. The largest absolute Gasteiger partial charge is 0.369 e. The van der Waals surface area contributed by atoms with Crippen LogP contribution >= 0.6 is 0 Å².